The third-order valence-corrected chi connectivity index (χ3v) is 2.41. The number of aliphatic hydroxyl groups is 2. The molecule has 0 spiro atoms. The molecule has 2 N–H and O–H groups in total. The Labute approximate surface area is 108 Å². The van der Waals surface area contributed by atoms with Crippen LogP contribution in [0.2, 0.25) is 0 Å². The van der Waals surface area contributed by atoms with Crippen LogP contribution >= 0.6 is 0 Å². The van der Waals surface area contributed by atoms with E-state index in [4.69, 9.17) is 0 Å². The first-order chi connectivity index (χ1) is 8.88. The number of rotatable bonds is 5. The Bertz CT molecular complexity index is 490. The van der Waals surface area contributed by atoms with E-state index in [-0.39, 0.29) is 23.7 Å². The van der Waals surface area contributed by atoms with Gasteiger partial charge in [-0.05, 0) is 19.9 Å². The smallest absolute Gasteiger partial charge is 0.338 e. The molecule has 0 radical (unpaired) electrons. The highest BCUT2D eigenvalue weighted by Gasteiger charge is 2.28. The lowest BCUT2D eigenvalue weighted by molar-refractivity contribution is -0.385. The molecule has 1 aromatic heterocycles. The van der Waals surface area contributed by atoms with Crippen LogP contribution in [-0.4, -0.2) is 38.8 Å². The van der Waals surface area contributed by atoms with Crippen molar-refractivity contribution in [1.82, 2.24) is 4.98 Å². The Morgan fingerprint density at radius 3 is 2.63 bits per heavy atom. The summed E-state index contributed by atoms with van der Waals surface area (Å²) in [5, 5.41) is 29.9. The van der Waals surface area contributed by atoms with Crippen molar-refractivity contribution in [3.8, 4) is 0 Å². The molecule has 0 aliphatic rings. The summed E-state index contributed by atoms with van der Waals surface area (Å²) in [5.41, 5.74) is -0.164. The second kappa shape index (κ2) is 6.21. The number of carbonyl (C=O) groups excluding carboxylic acids is 1. The van der Waals surface area contributed by atoms with Crippen molar-refractivity contribution < 1.29 is 24.7 Å². The molecule has 0 saturated heterocycles. The number of aryl methyl sites for hydroxylation is 1. The molecule has 2 atom stereocenters. The minimum atomic E-state index is -1.78. The number of ether oxygens (including phenoxy) is 1. The van der Waals surface area contributed by atoms with E-state index in [2.05, 4.69) is 9.72 Å². The van der Waals surface area contributed by atoms with Crippen molar-refractivity contribution >= 4 is 11.7 Å². The zero-order chi connectivity index (χ0) is 14.6. The Morgan fingerprint density at radius 2 is 2.16 bits per heavy atom. The van der Waals surface area contributed by atoms with Crippen LogP contribution in [0.5, 0.6) is 0 Å². The third kappa shape index (κ3) is 3.46. The molecule has 2 unspecified atom stereocenters. The largest absolute Gasteiger partial charge is 0.464 e. The van der Waals surface area contributed by atoms with Gasteiger partial charge in [0.1, 0.15) is 11.8 Å². The van der Waals surface area contributed by atoms with Crippen molar-refractivity contribution in [2.75, 3.05) is 6.61 Å². The van der Waals surface area contributed by atoms with Gasteiger partial charge in [-0.1, -0.05) is 0 Å². The van der Waals surface area contributed by atoms with E-state index < -0.39 is 23.1 Å². The average Bonchev–Trinajstić information content (AvgIpc) is 2.36. The van der Waals surface area contributed by atoms with Gasteiger partial charge in [-0.3, -0.25) is 10.1 Å². The Kier molecular flexibility index (Phi) is 4.90. The molecule has 104 valence electrons. The van der Waals surface area contributed by atoms with E-state index in [0.29, 0.717) is 0 Å². The summed E-state index contributed by atoms with van der Waals surface area (Å²) in [6.45, 7) is 3.02. The zero-order valence-electron chi connectivity index (χ0n) is 10.4. The Morgan fingerprint density at radius 1 is 1.53 bits per heavy atom. The Hall–Kier alpha value is -2.06. The highest BCUT2D eigenvalue weighted by molar-refractivity contribution is 5.75. The van der Waals surface area contributed by atoms with Gasteiger partial charge in [0.25, 0.3) is 5.69 Å². The molecule has 0 aromatic carbocycles. The first-order valence-corrected chi connectivity index (χ1v) is 5.53. The summed E-state index contributed by atoms with van der Waals surface area (Å²) in [7, 11) is 0. The summed E-state index contributed by atoms with van der Waals surface area (Å²) < 4.78 is 4.55. The summed E-state index contributed by atoms with van der Waals surface area (Å²) >= 11 is 0. The van der Waals surface area contributed by atoms with Gasteiger partial charge in [-0.25, -0.2) is 9.78 Å². The van der Waals surface area contributed by atoms with Crippen molar-refractivity contribution in [2.24, 2.45) is 0 Å². The van der Waals surface area contributed by atoms with E-state index in [9.17, 15) is 25.1 Å². The minimum absolute atomic E-state index is 0.0383. The van der Waals surface area contributed by atoms with Crippen LogP contribution in [0.1, 0.15) is 24.4 Å². The number of aliphatic hydroxyl groups excluding tert-OH is 2. The molecule has 1 heterocycles. The second-order valence-electron chi connectivity index (χ2n) is 3.74. The summed E-state index contributed by atoms with van der Waals surface area (Å²) in [5.74, 6) is -0.979. The van der Waals surface area contributed by atoms with E-state index in [1.165, 1.54) is 13.0 Å². The predicted molar refractivity (Wildman–Crippen MR) is 63.2 cm³/mol. The maximum atomic E-state index is 11.2. The molecule has 0 saturated carbocycles. The molecule has 8 heteroatoms. The number of carbonyl (C=O) groups is 1. The number of nitrogens with zero attached hydrogens (tertiary/aromatic N) is 2. The molecule has 1 rings (SSSR count). The van der Waals surface area contributed by atoms with Gasteiger partial charge >= 0.3 is 5.97 Å². The monoisotopic (exact) mass is 270 g/mol. The quantitative estimate of drug-likeness (QED) is 0.446. The lowest BCUT2D eigenvalue weighted by Gasteiger charge is -2.16. The number of esters is 1. The van der Waals surface area contributed by atoms with Crippen LogP contribution in [0.15, 0.2) is 12.1 Å². The average molecular weight is 270 g/mol. The fourth-order valence-electron chi connectivity index (χ4n) is 1.45. The highest BCUT2D eigenvalue weighted by atomic mass is 16.6. The lowest BCUT2D eigenvalue weighted by Crippen LogP contribution is -2.30. The topological polar surface area (TPSA) is 123 Å². The normalized spacial score (nSPS) is 13.7. The van der Waals surface area contributed by atoms with E-state index >= 15 is 0 Å². The van der Waals surface area contributed by atoms with Crippen molar-refractivity contribution in [3.63, 3.8) is 0 Å². The summed E-state index contributed by atoms with van der Waals surface area (Å²) in [4.78, 5) is 25.0. The van der Waals surface area contributed by atoms with Crippen molar-refractivity contribution in [1.29, 1.82) is 0 Å². The van der Waals surface area contributed by atoms with Crippen LogP contribution < -0.4 is 0 Å². The fourth-order valence-corrected chi connectivity index (χ4v) is 1.45. The van der Waals surface area contributed by atoms with Gasteiger partial charge in [0.05, 0.1) is 17.2 Å². The molecular weight excluding hydrogens is 256 g/mol. The number of hydrogen-bond acceptors (Lipinski definition) is 7. The van der Waals surface area contributed by atoms with Crippen LogP contribution in [0.3, 0.4) is 0 Å². The maximum Gasteiger partial charge on any atom is 0.338 e. The molecule has 19 heavy (non-hydrogen) atoms. The van der Waals surface area contributed by atoms with Crippen LogP contribution in [0.4, 0.5) is 5.69 Å². The lowest BCUT2D eigenvalue weighted by atomic mass is 10.1. The number of hydrogen-bond donors (Lipinski definition) is 2. The number of nitro groups is 1. The molecule has 0 aliphatic carbocycles. The summed E-state index contributed by atoms with van der Waals surface area (Å²) in [6, 6.07) is 2.33. The molecule has 0 amide bonds. The molecular formula is C11H14N2O6. The van der Waals surface area contributed by atoms with Gasteiger partial charge in [0.15, 0.2) is 6.10 Å². The molecule has 8 nitrogen and oxygen atoms in total. The standard InChI is InChI=1S/C11H14N2O6/c1-3-19-11(16)10(15)9(14)7-4-5-8(13(17)18)6(2)12-7/h4-5,9-10,14-15H,3H2,1-2H3. The number of pyridine rings is 1. The summed E-state index contributed by atoms with van der Waals surface area (Å²) in [6.07, 6.45) is -3.38. The van der Waals surface area contributed by atoms with E-state index in [0.717, 1.165) is 6.07 Å². The van der Waals surface area contributed by atoms with Crippen LogP contribution in [-0.2, 0) is 9.53 Å². The van der Waals surface area contributed by atoms with Gasteiger partial charge in [-0.2, -0.15) is 0 Å². The zero-order valence-corrected chi connectivity index (χ0v) is 10.4. The van der Waals surface area contributed by atoms with Crippen LogP contribution in [0, 0.1) is 17.0 Å². The Balaban J connectivity index is 2.94. The highest BCUT2D eigenvalue weighted by Crippen LogP contribution is 2.21. The van der Waals surface area contributed by atoms with Crippen molar-refractivity contribution in [3.05, 3.63) is 33.6 Å². The first-order valence-electron chi connectivity index (χ1n) is 5.53. The maximum absolute atomic E-state index is 11.2. The third-order valence-electron chi connectivity index (χ3n) is 2.41. The second-order valence-corrected chi connectivity index (χ2v) is 3.74. The van der Waals surface area contributed by atoms with E-state index in [1.807, 2.05) is 0 Å². The number of aromatic nitrogens is 1. The van der Waals surface area contributed by atoms with Gasteiger partial charge in [0, 0.05) is 6.07 Å². The van der Waals surface area contributed by atoms with Crippen LogP contribution in [0.25, 0.3) is 0 Å². The van der Waals surface area contributed by atoms with Gasteiger partial charge in [-0.15, -0.1) is 0 Å². The van der Waals surface area contributed by atoms with Gasteiger partial charge in [0.2, 0.25) is 0 Å². The molecule has 0 aliphatic heterocycles. The predicted octanol–water partition coefficient (Wildman–Crippen LogP) is 0.256. The van der Waals surface area contributed by atoms with E-state index in [1.54, 1.807) is 6.92 Å². The molecule has 0 bridgehead atoms. The van der Waals surface area contributed by atoms with Gasteiger partial charge < -0.3 is 14.9 Å². The molecule has 0 fully saturated rings. The van der Waals surface area contributed by atoms with Crippen molar-refractivity contribution in [2.45, 2.75) is 26.1 Å². The fraction of sp³-hybridized carbons (Fsp3) is 0.455. The first kappa shape index (κ1) is 15.0. The SMILES string of the molecule is CCOC(=O)C(O)C(O)c1ccc([N+](=O)[O-])c(C)n1. The minimum Gasteiger partial charge on any atom is -0.464 e. The molecule has 1 aromatic rings.